The molecule has 1 spiro atoms. The Labute approximate surface area is 136 Å². The largest absolute Gasteiger partial charge is 0.444 e. The zero-order valence-electron chi connectivity index (χ0n) is 13.8. The van der Waals surface area contributed by atoms with Gasteiger partial charge in [0.2, 0.25) is 5.91 Å². The number of pyridine rings is 1. The summed E-state index contributed by atoms with van der Waals surface area (Å²) in [5, 5.41) is 2.99. The maximum atomic E-state index is 12.2. The number of nitrogens with zero attached hydrogens (tertiary/aromatic N) is 2. The predicted octanol–water partition coefficient (Wildman–Crippen LogP) is 2.27. The second kappa shape index (κ2) is 5.51. The summed E-state index contributed by atoms with van der Waals surface area (Å²) in [6, 6.07) is 3.85. The fourth-order valence-corrected chi connectivity index (χ4v) is 3.35. The SMILES string of the molecule is CC(C)(C)OC(=O)N1CCC2(CC1)C(=O)NC2c1cccnc1. The van der Waals surface area contributed by atoms with Crippen molar-refractivity contribution >= 4 is 12.0 Å². The van der Waals surface area contributed by atoms with Crippen LogP contribution in [0.25, 0.3) is 0 Å². The zero-order chi connectivity index (χ0) is 16.7. The topological polar surface area (TPSA) is 71.5 Å². The molecule has 1 N–H and O–H groups in total. The third-order valence-corrected chi connectivity index (χ3v) is 4.61. The summed E-state index contributed by atoms with van der Waals surface area (Å²) in [5.41, 5.74) is 0.109. The molecule has 2 amide bonds. The number of likely N-dealkylation sites (tertiary alicyclic amines) is 1. The zero-order valence-corrected chi connectivity index (χ0v) is 13.8. The van der Waals surface area contributed by atoms with Crippen molar-refractivity contribution in [3.63, 3.8) is 0 Å². The lowest BCUT2D eigenvalue weighted by atomic mass is 9.64. The standard InChI is InChI=1S/C17H23N3O3/c1-16(2,3)23-15(22)20-9-6-17(7-10-20)13(19-14(17)21)12-5-4-8-18-11-12/h4-5,8,11,13H,6-7,9-10H2,1-3H3,(H,19,21). The van der Waals surface area contributed by atoms with Gasteiger partial charge in [-0.05, 0) is 45.2 Å². The number of ether oxygens (including phenoxy) is 1. The maximum Gasteiger partial charge on any atom is 0.410 e. The molecule has 3 rings (SSSR count). The van der Waals surface area contributed by atoms with Crippen LogP contribution in [0.2, 0.25) is 0 Å². The lowest BCUT2D eigenvalue weighted by Crippen LogP contribution is -2.65. The lowest BCUT2D eigenvalue weighted by molar-refractivity contribution is -0.151. The number of β-lactam (4-membered cyclic amide) rings is 1. The van der Waals surface area contributed by atoms with Crippen LogP contribution in [-0.2, 0) is 9.53 Å². The molecule has 1 atom stereocenters. The highest BCUT2D eigenvalue weighted by Crippen LogP contribution is 2.49. The van der Waals surface area contributed by atoms with Gasteiger partial charge in [0.05, 0.1) is 11.5 Å². The van der Waals surface area contributed by atoms with Gasteiger partial charge in [-0.1, -0.05) is 6.07 Å². The van der Waals surface area contributed by atoms with Gasteiger partial charge in [-0.15, -0.1) is 0 Å². The first-order valence-electron chi connectivity index (χ1n) is 8.01. The molecule has 23 heavy (non-hydrogen) atoms. The first kappa shape index (κ1) is 15.8. The number of piperidine rings is 1. The quantitative estimate of drug-likeness (QED) is 0.807. The van der Waals surface area contributed by atoms with E-state index < -0.39 is 11.0 Å². The minimum Gasteiger partial charge on any atom is -0.444 e. The summed E-state index contributed by atoms with van der Waals surface area (Å²) < 4.78 is 5.41. The number of hydrogen-bond acceptors (Lipinski definition) is 4. The van der Waals surface area contributed by atoms with E-state index in [9.17, 15) is 9.59 Å². The van der Waals surface area contributed by atoms with Crippen LogP contribution in [0.3, 0.4) is 0 Å². The van der Waals surface area contributed by atoms with E-state index in [2.05, 4.69) is 10.3 Å². The Kier molecular flexibility index (Phi) is 3.78. The van der Waals surface area contributed by atoms with Crippen LogP contribution < -0.4 is 5.32 Å². The van der Waals surface area contributed by atoms with Crippen molar-refractivity contribution in [3.05, 3.63) is 30.1 Å². The van der Waals surface area contributed by atoms with Crippen LogP contribution in [0.15, 0.2) is 24.5 Å². The van der Waals surface area contributed by atoms with Crippen molar-refractivity contribution in [2.24, 2.45) is 5.41 Å². The van der Waals surface area contributed by atoms with Gasteiger partial charge in [-0.25, -0.2) is 4.79 Å². The van der Waals surface area contributed by atoms with Crippen LogP contribution >= 0.6 is 0 Å². The average molecular weight is 317 g/mol. The molecular formula is C17H23N3O3. The van der Waals surface area contributed by atoms with Crippen LogP contribution in [-0.4, -0.2) is 40.6 Å². The van der Waals surface area contributed by atoms with Crippen molar-refractivity contribution in [2.45, 2.75) is 45.3 Å². The van der Waals surface area contributed by atoms with E-state index >= 15 is 0 Å². The number of hydrogen-bond donors (Lipinski definition) is 1. The van der Waals surface area contributed by atoms with Gasteiger partial charge in [0, 0.05) is 25.5 Å². The van der Waals surface area contributed by atoms with E-state index in [0.717, 1.165) is 5.56 Å². The van der Waals surface area contributed by atoms with E-state index in [0.29, 0.717) is 25.9 Å². The Morgan fingerprint density at radius 3 is 2.61 bits per heavy atom. The molecule has 6 nitrogen and oxygen atoms in total. The normalized spacial score (nSPS) is 23.2. The third kappa shape index (κ3) is 2.90. The molecule has 3 heterocycles. The number of amides is 2. The third-order valence-electron chi connectivity index (χ3n) is 4.61. The number of carbonyl (C=O) groups excluding carboxylic acids is 2. The molecule has 2 saturated heterocycles. The van der Waals surface area contributed by atoms with E-state index in [1.165, 1.54) is 0 Å². The highest BCUT2D eigenvalue weighted by molar-refractivity contribution is 5.91. The van der Waals surface area contributed by atoms with E-state index in [4.69, 9.17) is 4.74 Å². The molecule has 1 aromatic rings. The second-order valence-electron chi connectivity index (χ2n) is 7.32. The van der Waals surface area contributed by atoms with Gasteiger partial charge in [0.25, 0.3) is 0 Å². The van der Waals surface area contributed by atoms with Crippen LogP contribution in [0, 0.1) is 5.41 Å². The molecule has 0 saturated carbocycles. The number of aromatic nitrogens is 1. The van der Waals surface area contributed by atoms with Gasteiger partial charge in [0.1, 0.15) is 5.60 Å². The Hall–Kier alpha value is -2.11. The summed E-state index contributed by atoms with van der Waals surface area (Å²) >= 11 is 0. The molecular weight excluding hydrogens is 294 g/mol. The Morgan fingerprint density at radius 2 is 2.09 bits per heavy atom. The van der Waals surface area contributed by atoms with Crippen LogP contribution in [0.1, 0.15) is 45.2 Å². The number of rotatable bonds is 1. The van der Waals surface area contributed by atoms with Crippen molar-refractivity contribution in [2.75, 3.05) is 13.1 Å². The molecule has 2 aliphatic heterocycles. The molecule has 2 fully saturated rings. The minimum absolute atomic E-state index is 0.00973. The van der Waals surface area contributed by atoms with Crippen LogP contribution in [0.5, 0.6) is 0 Å². The maximum absolute atomic E-state index is 12.2. The van der Waals surface area contributed by atoms with E-state index in [1.54, 1.807) is 17.3 Å². The molecule has 124 valence electrons. The molecule has 0 radical (unpaired) electrons. The van der Waals surface area contributed by atoms with Crippen molar-refractivity contribution in [1.29, 1.82) is 0 Å². The lowest BCUT2D eigenvalue weighted by Gasteiger charge is -2.52. The summed E-state index contributed by atoms with van der Waals surface area (Å²) in [7, 11) is 0. The van der Waals surface area contributed by atoms with E-state index in [1.807, 2.05) is 32.9 Å². The molecule has 0 aliphatic carbocycles. The van der Waals surface area contributed by atoms with E-state index in [-0.39, 0.29) is 18.0 Å². The molecule has 2 aliphatic rings. The highest BCUT2D eigenvalue weighted by atomic mass is 16.6. The first-order chi connectivity index (χ1) is 10.8. The molecule has 1 unspecified atom stereocenters. The van der Waals surface area contributed by atoms with Gasteiger partial charge in [-0.2, -0.15) is 0 Å². The number of carbonyl (C=O) groups is 2. The minimum atomic E-state index is -0.502. The summed E-state index contributed by atoms with van der Waals surface area (Å²) in [5.74, 6) is 0.0789. The predicted molar refractivity (Wildman–Crippen MR) is 84.6 cm³/mol. The molecule has 6 heteroatoms. The monoisotopic (exact) mass is 317 g/mol. The molecule has 0 aromatic carbocycles. The summed E-state index contributed by atoms with van der Waals surface area (Å²) in [4.78, 5) is 30.2. The van der Waals surface area contributed by atoms with Gasteiger partial charge < -0.3 is 15.0 Å². The van der Waals surface area contributed by atoms with Gasteiger partial charge in [0.15, 0.2) is 0 Å². The highest BCUT2D eigenvalue weighted by Gasteiger charge is 2.56. The average Bonchev–Trinajstić information content (AvgIpc) is 2.52. The summed E-state index contributed by atoms with van der Waals surface area (Å²) in [6.07, 6.45) is 4.52. The Bertz CT molecular complexity index is 601. The van der Waals surface area contributed by atoms with Crippen LogP contribution in [0.4, 0.5) is 4.79 Å². The number of nitrogens with one attached hydrogen (secondary N) is 1. The fraction of sp³-hybridized carbons (Fsp3) is 0.588. The summed E-state index contributed by atoms with van der Waals surface area (Å²) in [6.45, 7) is 6.65. The second-order valence-corrected chi connectivity index (χ2v) is 7.32. The van der Waals surface area contributed by atoms with Gasteiger partial charge >= 0.3 is 6.09 Å². The Balaban J connectivity index is 1.67. The molecule has 1 aromatic heterocycles. The smallest absolute Gasteiger partial charge is 0.410 e. The van der Waals surface area contributed by atoms with Gasteiger partial charge in [-0.3, -0.25) is 9.78 Å². The van der Waals surface area contributed by atoms with Crippen molar-refractivity contribution < 1.29 is 14.3 Å². The first-order valence-corrected chi connectivity index (χ1v) is 8.01. The van der Waals surface area contributed by atoms with Crippen molar-refractivity contribution in [3.8, 4) is 0 Å². The van der Waals surface area contributed by atoms with Crippen molar-refractivity contribution in [1.82, 2.24) is 15.2 Å². The Morgan fingerprint density at radius 1 is 1.39 bits per heavy atom. The molecule has 0 bridgehead atoms. The fourth-order valence-electron chi connectivity index (χ4n) is 3.35.